The Balaban J connectivity index is 2.92. The van der Waals surface area contributed by atoms with E-state index < -0.39 is 5.97 Å². The summed E-state index contributed by atoms with van der Waals surface area (Å²) in [5.41, 5.74) is 0.291. The van der Waals surface area contributed by atoms with Crippen molar-refractivity contribution in [2.24, 2.45) is 0 Å². The van der Waals surface area contributed by atoms with Gasteiger partial charge in [-0.1, -0.05) is 25.1 Å². The van der Waals surface area contributed by atoms with Crippen molar-refractivity contribution in [2.45, 2.75) is 25.9 Å². The smallest absolute Gasteiger partial charge is 0.336 e. The Hall–Kier alpha value is -1.68. The van der Waals surface area contributed by atoms with Gasteiger partial charge in [0.1, 0.15) is 0 Å². The highest BCUT2D eigenvalue weighted by Crippen LogP contribution is 2.14. The van der Waals surface area contributed by atoms with Crippen LogP contribution in [0, 0.1) is 0 Å². The molecule has 1 aromatic rings. The molecule has 1 N–H and O–H groups in total. The molecule has 0 bridgehead atoms. The Kier molecular flexibility index (Phi) is 4.84. The summed E-state index contributed by atoms with van der Waals surface area (Å²) in [4.78, 5) is 22.9. The van der Waals surface area contributed by atoms with E-state index in [2.05, 4.69) is 0 Å². The van der Waals surface area contributed by atoms with Crippen LogP contribution in [0.4, 0.5) is 0 Å². The normalized spacial score (nSPS) is 12.1. The number of carboxylic acids is 1. The predicted octanol–water partition coefficient (Wildman–Crippen LogP) is 2.38. The molecule has 0 heterocycles. The lowest BCUT2D eigenvalue weighted by atomic mass is 9.99. The van der Waals surface area contributed by atoms with Crippen molar-refractivity contribution in [1.29, 1.82) is 0 Å². The average Bonchev–Trinajstić information content (AvgIpc) is 2.35. The second-order valence-corrected chi connectivity index (χ2v) is 3.74. The maximum Gasteiger partial charge on any atom is 0.336 e. The van der Waals surface area contributed by atoms with Gasteiger partial charge in [0.2, 0.25) is 0 Å². The molecule has 1 atom stereocenters. The van der Waals surface area contributed by atoms with Gasteiger partial charge in [-0.2, -0.15) is 0 Å². The lowest BCUT2D eigenvalue weighted by Gasteiger charge is -2.12. The minimum absolute atomic E-state index is 0.0449. The third kappa shape index (κ3) is 3.39. The van der Waals surface area contributed by atoms with Crippen LogP contribution in [0.1, 0.15) is 40.5 Å². The van der Waals surface area contributed by atoms with Crippen LogP contribution in [-0.4, -0.2) is 30.1 Å². The van der Waals surface area contributed by atoms with Crippen molar-refractivity contribution in [3.63, 3.8) is 0 Å². The third-order valence-corrected chi connectivity index (χ3v) is 2.66. The molecule has 4 heteroatoms. The fourth-order valence-corrected chi connectivity index (χ4v) is 1.62. The number of hydrogen-bond acceptors (Lipinski definition) is 3. The molecule has 17 heavy (non-hydrogen) atoms. The maximum absolute atomic E-state index is 12.0. The Labute approximate surface area is 100 Å². The minimum atomic E-state index is -1.08. The van der Waals surface area contributed by atoms with Crippen LogP contribution in [0.15, 0.2) is 24.3 Å². The van der Waals surface area contributed by atoms with Gasteiger partial charge >= 0.3 is 5.97 Å². The minimum Gasteiger partial charge on any atom is -0.478 e. The molecule has 0 aliphatic carbocycles. The Morgan fingerprint density at radius 3 is 2.35 bits per heavy atom. The van der Waals surface area contributed by atoms with Gasteiger partial charge in [0, 0.05) is 19.1 Å². The Morgan fingerprint density at radius 2 is 1.88 bits per heavy atom. The van der Waals surface area contributed by atoms with Gasteiger partial charge in [-0.3, -0.25) is 4.79 Å². The van der Waals surface area contributed by atoms with Crippen LogP contribution >= 0.6 is 0 Å². The van der Waals surface area contributed by atoms with E-state index in [1.165, 1.54) is 12.1 Å². The van der Waals surface area contributed by atoms with E-state index in [-0.39, 0.29) is 29.4 Å². The average molecular weight is 236 g/mol. The van der Waals surface area contributed by atoms with Crippen molar-refractivity contribution < 1.29 is 19.4 Å². The number of carboxylic acid groups (broad SMARTS) is 1. The van der Waals surface area contributed by atoms with Crippen LogP contribution in [0.5, 0.6) is 0 Å². The summed E-state index contributed by atoms with van der Waals surface area (Å²) in [6, 6.07) is 6.23. The molecule has 4 nitrogen and oxygen atoms in total. The molecule has 92 valence electrons. The lowest BCUT2D eigenvalue weighted by Crippen LogP contribution is -2.17. The molecule has 0 aliphatic heterocycles. The fraction of sp³-hybridized carbons (Fsp3) is 0.385. The number of carbonyl (C=O) groups is 2. The third-order valence-electron chi connectivity index (χ3n) is 2.66. The topological polar surface area (TPSA) is 63.6 Å². The van der Waals surface area contributed by atoms with Crippen LogP contribution in [0.25, 0.3) is 0 Å². The van der Waals surface area contributed by atoms with E-state index in [9.17, 15) is 9.59 Å². The molecular weight excluding hydrogens is 220 g/mol. The van der Waals surface area contributed by atoms with Crippen molar-refractivity contribution in [3.05, 3.63) is 35.4 Å². The zero-order valence-corrected chi connectivity index (χ0v) is 9.97. The number of aromatic carboxylic acids is 1. The van der Waals surface area contributed by atoms with Gasteiger partial charge in [0.05, 0.1) is 11.7 Å². The van der Waals surface area contributed by atoms with E-state index in [0.717, 1.165) is 6.42 Å². The summed E-state index contributed by atoms with van der Waals surface area (Å²) >= 11 is 0. The number of rotatable bonds is 6. The molecule has 0 saturated heterocycles. The molecule has 0 amide bonds. The Bertz CT molecular complexity index is 408. The molecule has 0 fully saturated rings. The van der Waals surface area contributed by atoms with Gasteiger partial charge in [-0.15, -0.1) is 0 Å². The monoisotopic (exact) mass is 236 g/mol. The first-order valence-electron chi connectivity index (χ1n) is 5.48. The van der Waals surface area contributed by atoms with Crippen LogP contribution in [0.2, 0.25) is 0 Å². The highest BCUT2D eigenvalue weighted by atomic mass is 16.5. The van der Waals surface area contributed by atoms with Crippen LogP contribution in [0.3, 0.4) is 0 Å². The summed E-state index contributed by atoms with van der Waals surface area (Å²) in [5, 5.41) is 8.98. The highest BCUT2D eigenvalue weighted by molar-refractivity contribution is 6.05. The van der Waals surface area contributed by atoms with E-state index in [1.807, 2.05) is 6.92 Å². The highest BCUT2D eigenvalue weighted by Gasteiger charge is 2.18. The van der Waals surface area contributed by atoms with Gasteiger partial charge in [0.25, 0.3) is 0 Å². The molecule has 0 aromatic heterocycles. The van der Waals surface area contributed by atoms with Gasteiger partial charge in [-0.25, -0.2) is 4.79 Å². The maximum atomic E-state index is 12.0. The molecule has 0 spiro atoms. The summed E-state index contributed by atoms with van der Waals surface area (Å²) in [6.45, 7) is 1.92. The largest absolute Gasteiger partial charge is 0.478 e. The van der Waals surface area contributed by atoms with Crippen molar-refractivity contribution >= 4 is 11.8 Å². The Morgan fingerprint density at radius 1 is 1.29 bits per heavy atom. The fourth-order valence-electron chi connectivity index (χ4n) is 1.62. The first-order chi connectivity index (χ1) is 8.10. The number of carbonyl (C=O) groups excluding carboxylic acids is 1. The van der Waals surface area contributed by atoms with E-state index in [1.54, 1.807) is 19.2 Å². The second kappa shape index (κ2) is 6.15. The first kappa shape index (κ1) is 13.4. The SMILES string of the molecule is CCC(CC(=O)c1ccccc1C(=O)O)OC. The zero-order valence-electron chi connectivity index (χ0n) is 9.97. The summed E-state index contributed by atoms with van der Waals surface area (Å²) in [5.74, 6) is -1.28. The first-order valence-corrected chi connectivity index (χ1v) is 5.48. The molecule has 0 radical (unpaired) electrons. The molecule has 0 aliphatic rings. The van der Waals surface area contributed by atoms with Gasteiger partial charge < -0.3 is 9.84 Å². The quantitative estimate of drug-likeness (QED) is 0.770. The standard InChI is InChI=1S/C13H16O4/c1-3-9(17-2)8-12(14)10-6-4-5-7-11(10)13(15)16/h4-7,9H,3,8H2,1-2H3,(H,15,16). The number of ether oxygens (including phenoxy) is 1. The van der Waals surface area contributed by atoms with Crippen molar-refractivity contribution in [2.75, 3.05) is 7.11 Å². The van der Waals surface area contributed by atoms with E-state index >= 15 is 0 Å². The number of benzene rings is 1. The molecule has 1 unspecified atom stereocenters. The summed E-state index contributed by atoms with van der Waals surface area (Å²) < 4.78 is 5.12. The van der Waals surface area contributed by atoms with Gasteiger partial charge in [0.15, 0.2) is 5.78 Å². The predicted molar refractivity (Wildman–Crippen MR) is 63.4 cm³/mol. The second-order valence-electron chi connectivity index (χ2n) is 3.74. The van der Waals surface area contributed by atoms with E-state index in [4.69, 9.17) is 9.84 Å². The molecule has 1 aromatic carbocycles. The zero-order chi connectivity index (χ0) is 12.8. The summed E-state index contributed by atoms with van der Waals surface area (Å²) in [6.07, 6.45) is 0.763. The molecular formula is C13H16O4. The van der Waals surface area contributed by atoms with Crippen LogP contribution < -0.4 is 0 Å². The number of hydrogen-bond donors (Lipinski definition) is 1. The number of Topliss-reactive ketones (excluding diaryl/α,β-unsaturated/α-hetero) is 1. The molecule has 0 saturated carbocycles. The van der Waals surface area contributed by atoms with Crippen molar-refractivity contribution in [1.82, 2.24) is 0 Å². The molecule has 1 rings (SSSR count). The summed E-state index contributed by atoms with van der Waals surface area (Å²) in [7, 11) is 1.55. The van der Waals surface area contributed by atoms with Crippen molar-refractivity contribution in [3.8, 4) is 0 Å². The van der Waals surface area contributed by atoms with Gasteiger partial charge in [-0.05, 0) is 12.5 Å². The van der Waals surface area contributed by atoms with Crippen LogP contribution in [-0.2, 0) is 4.74 Å². The number of methoxy groups -OCH3 is 1. The van der Waals surface area contributed by atoms with E-state index in [0.29, 0.717) is 0 Å². The number of ketones is 1. The lowest BCUT2D eigenvalue weighted by molar-refractivity contribution is 0.0670.